The molecule has 2 unspecified atom stereocenters. The number of Topliss-reactive ketones (excluding diaryl/α,β-unsaturated/α-hetero) is 1. The summed E-state index contributed by atoms with van der Waals surface area (Å²) in [6.45, 7) is 6.04. The quantitative estimate of drug-likeness (QED) is 0.690. The fourth-order valence-electron chi connectivity index (χ4n) is 2.48. The minimum absolute atomic E-state index is 0.0481. The van der Waals surface area contributed by atoms with Crippen molar-refractivity contribution in [3.8, 4) is 0 Å². The lowest BCUT2D eigenvalue weighted by Crippen LogP contribution is -2.50. The number of ketones is 1. The molecule has 6 heteroatoms. The van der Waals surface area contributed by atoms with Crippen molar-refractivity contribution >= 4 is 17.6 Å². The molecule has 2 atom stereocenters. The largest absolute Gasteiger partial charge is 0.368 e. The third kappa shape index (κ3) is 4.31. The molecule has 1 aliphatic rings. The first-order valence-electron chi connectivity index (χ1n) is 6.66. The third-order valence-corrected chi connectivity index (χ3v) is 3.46. The van der Waals surface area contributed by atoms with Crippen LogP contribution in [0.4, 0.5) is 0 Å². The number of carbonyl (C=O) groups excluding carboxylic acids is 3. The van der Waals surface area contributed by atoms with Crippen LogP contribution in [0.2, 0.25) is 0 Å². The number of carbonyl (C=O) groups is 3. The van der Waals surface area contributed by atoms with E-state index in [1.807, 2.05) is 13.8 Å². The summed E-state index contributed by atoms with van der Waals surface area (Å²) >= 11 is 0. The van der Waals surface area contributed by atoms with Crippen LogP contribution < -0.4 is 11.1 Å². The fourth-order valence-corrected chi connectivity index (χ4v) is 2.48. The molecule has 6 nitrogen and oxygen atoms in total. The van der Waals surface area contributed by atoms with Gasteiger partial charge in [-0.3, -0.25) is 19.3 Å². The van der Waals surface area contributed by atoms with Crippen LogP contribution >= 0.6 is 0 Å². The van der Waals surface area contributed by atoms with Crippen molar-refractivity contribution in [1.29, 1.82) is 0 Å². The molecule has 1 heterocycles. The Hall–Kier alpha value is -1.43. The maximum atomic E-state index is 11.9. The zero-order chi connectivity index (χ0) is 14.6. The molecule has 0 aliphatic carbocycles. The number of nitrogens with zero attached hydrogens (tertiary/aromatic N) is 1. The molecule has 1 saturated heterocycles. The van der Waals surface area contributed by atoms with E-state index in [-0.39, 0.29) is 30.2 Å². The second kappa shape index (κ2) is 6.65. The van der Waals surface area contributed by atoms with E-state index in [2.05, 4.69) is 5.32 Å². The number of primary amides is 1. The lowest BCUT2D eigenvalue weighted by molar-refractivity contribution is -0.130. The van der Waals surface area contributed by atoms with Crippen molar-refractivity contribution in [2.75, 3.05) is 13.1 Å². The van der Waals surface area contributed by atoms with E-state index in [9.17, 15) is 14.4 Å². The molecule has 0 aromatic heterocycles. The van der Waals surface area contributed by atoms with Gasteiger partial charge in [-0.1, -0.05) is 13.8 Å². The zero-order valence-electron chi connectivity index (χ0n) is 11.8. The van der Waals surface area contributed by atoms with Crippen molar-refractivity contribution in [1.82, 2.24) is 10.2 Å². The van der Waals surface area contributed by atoms with Gasteiger partial charge in [-0.2, -0.15) is 0 Å². The molecule has 0 spiro atoms. The third-order valence-electron chi connectivity index (χ3n) is 3.46. The number of hydrogen-bond donors (Lipinski definition) is 2. The monoisotopic (exact) mass is 269 g/mol. The summed E-state index contributed by atoms with van der Waals surface area (Å²) in [5.74, 6) is -0.637. The zero-order valence-corrected chi connectivity index (χ0v) is 11.8. The smallest absolute Gasteiger partial charge is 0.234 e. The summed E-state index contributed by atoms with van der Waals surface area (Å²) in [6.07, 6.45) is 1.56. The SMILES string of the molecule is CC(=O)C(NC(=O)CN1CCCC1C(N)=O)C(C)C. The van der Waals surface area contributed by atoms with E-state index >= 15 is 0 Å². The van der Waals surface area contributed by atoms with E-state index in [0.29, 0.717) is 13.0 Å². The summed E-state index contributed by atoms with van der Waals surface area (Å²) in [6, 6.07) is -0.831. The Morgan fingerprint density at radius 3 is 2.47 bits per heavy atom. The number of rotatable bonds is 6. The average molecular weight is 269 g/mol. The lowest BCUT2D eigenvalue weighted by Gasteiger charge is -2.24. The van der Waals surface area contributed by atoms with Crippen LogP contribution in [0, 0.1) is 5.92 Å². The number of hydrogen-bond acceptors (Lipinski definition) is 4. The van der Waals surface area contributed by atoms with Crippen LogP contribution in [0.3, 0.4) is 0 Å². The van der Waals surface area contributed by atoms with Gasteiger partial charge in [0.15, 0.2) is 5.78 Å². The average Bonchev–Trinajstić information content (AvgIpc) is 2.73. The molecule has 0 aromatic carbocycles. The molecule has 1 rings (SSSR count). The molecule has 1 aliphatic heterocycles. The number of amides is 2. The molecule has 2 amide bonds. The first-order chi connectivity index (χ1) is 8.82. The van der Waals surface area contributed by atoms with E-state index in [1.54, 1.807) is 4.90 Å². The van der Waals surface area contributed by atoms with Gasteiger partial charge >= 0.3 is 0 Å². The first-order valence-corrected chi connectivity index (χ1v) is 6.66. The van der Waals surface area contributed by atoms with Gasteiger partial charge in [0, 0.05) is 0 Å². The minimum Gasteiger partial charge on any atom is -0.368 e. The molecule has 3 N–H and O–H groups in total. The highest BCUT2D eigenvalue weighted by Gasteiger charge is 2.31. The van der Waals surface area contributed by atoms with Gasteiger partial charge in [-0.05, 0) is 32.2 Å². The van der Waals surface area contributed by atoms with Crippen molar-refractivity contribution in [2.45, 2.75) is 45.7 Å². The minimum atomic E-state index is -0.470. The Morgan fingerprint density at radius 1 is 1.37 bits per heavy atom. The molecule has 0 radical (unpaired) electrons. The van der Waals surface area contributed by atoms with E-state index in [1.165, 1.54) is 6.92 Å². The Labute approximate surface area is 113 Å². The standard InChI is InChI=1S/C13H23N3O3/c1-8(2)12(9(3)17)15-11(18)7-16-6-4-5-10(16)13(14)19/h8,10,12H,4-7H2,1-3H3,(H2,14,19)(H,15,18). The molecule has 0 bridgehead atoms. The van der Waals surface area contributed by atoms with Gasteiger partial charge in [0.2, 0.25) is 11.8 Å². The van der Waals surface area contributed by atoms with Crippen LogP contribution in [0.1, 0.15) is 33.6 Å². The molecular formula is C13H23N3O3. The molecule has 19 heavy (non-hydrogen) atoms. The lowest BCUT2D eigenvalue weighted by atomic mass is 10.0. The maximum Gasteiger partial charge on any atom is 0.234 e. The van der Waals surface area contributed by atoms with E-state index < -0.39 is 11.9 Å². The van der Waals surface area contributed by atoms with Crippen LogP contribution in [-0.2, 0) is 14.4 Å². The Bertz CT molecular complexity index is 368. The maximum absolute atomic E-state index is 11.9. The van der Waals surface area contributed by atoms with Crippen LogP contribution in [-0.4, -0.2) is 47.7 Å². The predicted octanol–water partition coefficient (Wildman–Crippen LogP) is -0.334. The summed E-state index contributed by atoms with van der Waals surface area (Å²) in [5, 5.41) is 2.72. The van der Waals surface area contributed by atoms with Gasteiger partial charge in [0.1, 0.15) is 0 Å². The van der Waals surface area contributed by atoms with Crippen LogP contribution in [0.5, 0.6) is 0 Å². The van der Waals surface area contributed by atoms with Crippen LogP contribution in [0.15, 0.2) is 0 Å². The predicted molar refractivity (Wildman–Crippen MR) is 71.2 cm³/mol. The van der Waals surface area contributed by atoms with Gasteiger partial charge in [0.05, 0.1) is 18.6 Å². The first kappa shape index (κ1) is 15.6. The molecule has 108 valence electrons. The second-order valence-electron chi connectivity index (χ2n) is 5.43. The highest BCUT2D eigenvalue weighted by molar-refractivity contribution is 5.89. The number of nitrogens with two attached hydrogens (primary N) is 1. The summed E-state index contributed by atoms with van der Waals surface area (Å²) in [4.78, 5) is 36.4. The van der Waals surface area contributed by atoms with E-state index in [0.717, 1.165) is 6.42 Å². The second-order valence-corrected chi connectivity index (χ2v) is 5.43. The molecule has 1 fully saturated rings. The highest BCUT2D eigenvalue weighted by Crippen LogP contribution is 2.16. The summed E-state index contributed by atoms with van der Waals surface area (Å²) in [5.41, 5.74) is 5.30. The summed E-state index contributed by atoms with van der Waals surface area (Å²) < 4.78 is 0. The van der Waals surface area contributed by atoms with Gasteiger partial charge in [0.25, 0.3) is 0 Å². The Kier molecular flexibility index (Phi) is 5.47. The fraction of sp³-hybridized carbons (Fsp3) is 0.769. The van der Waals surface area contributed by atoms with Crippen molar-refractivity contribution in [3.63, 3.8) is 0 Å². The van der Waals surface area contributed by atoms with Gasteiger partial charge < -0.3 is 11.1 Å². The van der Waals surface area contributed by atoms with Gasteiger partial charge in [-0.25, -0.2) is 0 Å². The van der Waals surface area contributed by atoms with Crippen molar-refractivity contribution < 1.29 is 14.4 Å². The highest BCUT2D eigenvalue weighted by atomic mass is 16.2. The Balaban J connectivity index is 2.55. The van der Waals surface area contributed by atoms with E-state index in [4.69, 9.17) is 5.73 Å². The van der Waals surface area contributed by atoms with Crippen molar-refractivity contribution in [2.24, 2.45) is 11.7 Å². The number of nitrogens with one attached hydrogen (secondary N) is 1. The Morgan fingerprint density at radius 2 is 2.00 bits per heavy atom. The normalized spacial score (nSPS) is 21.4. The molecular weight excluding hydrogens is 246 g/mol. The number of likely N-dealkylation sites (tertiary alicyclic amines) is 1. The summed E-state index contributed by atoms with van der Waals surface area (Å²) in [7, 11) is 0. The van der Waals surface area contributed by atoms with Gasteiger partial charge in [-0.15, -0.1) is 0 Å². The topological polar surface area (TPSA) is 92.5 Å². The van der Waals surface area contributed by atoms with Crippen LogP contribution in [0.25, 0.3) is 0 Å². The molecule has 0 saturated carbocycles. The van der Waals surface area contributed by atoms with Crippen molar-refractivity contribution in [3.05, 3.63) is 0 Å². The molecule has 0 aromatic rings.